The third kappa shape index (κ3) is 4.26. The molecule has 0 fully saturated rings. The van der Waals surface area contributed by atoms with Crippen molar-refractivity contribution in [2.45, 2.75) is 0 Å². The molecule has 3 N–H and O–H groups in total. The normalized spacial score (nSPS) is 8.70. The van der Waals surface area contributed by atoms with Crippen LogP contribution < -0.4 is 5.90 Å². The van der Waals surface area contributed by atoms with Crippen LogP contribution in [0.5, 0.6) is 0 Å². The van der Waals surface area contributed by atoms with Gasteiger partial charge in [0.25, 0.3) is 5.69 Å². The van der Waals surface area contributed by atoms with Crippen LogP contribution >= 0.6 is 0 Å². The summed E-state index contributed by atoms with van der Waals surface area (Å²) in [7, 11) is 0. The van der Waals surface area contributed by atoms with Crippen molar-refractivity contribution in [3.8, 4) is 0 Å². The number of nitrogens with two attached hydrogens (primary N) is 1. The summed E-state index contributed by atoms with van der Waals surface area (Å²) in [6, 6.07) is 14.5. The second kappa shape index (κ2) is 8.96. The number of benzene rings is 2. The number of para-hydroxylation sites is 1. The first-order chi connectivity index (χ1) is 9.20. The summed E-state index contributed by atoms with van der Waals surface area (Å²) in [4.78, 5) is 22.3. The number of nitro groups is 1. The van der Waals surface area contributed by atoms with Crippen molar-refractivity contribution in [3.05, 3.63) is 75.8 Å². The van der Waals surface area contributed by atoms with E-state index in [1.54, 1.807) is 42.5 Å². The topological polar surface area (TPSA) is 106 Å². The zero-order valence-corrected chi connectivity index (χ0v) is 11.6. The third-order valence-corrected chi connectivity index (χ3v) is 2.38. The molecule has 0 amide bonds. The third-order valence-electron chi connectivity index (χ3n) is 2.38. The molecule has 0 saturated heterocycles. The number of rotatable bonds is 3. The molecule has 2 aromatic rings. The van der Waals surface area contributed by atoms with E-state index in [-0.39, 0.29) is 34.4 Å². The quantitative estimate of drug-likeness (QED) is 0.387. The van der Waals surface area contributed by atoms with E-state index in [2.05, 4.69) is 5.90 Å². The Kier molecular flexibility index (Phi) is 8.05. The lowest BCUT2D eigenvalue weighted by molar-refractivity contribution is -0.385. The average molecular weight is 287 g/mol. The van der Waals surface area contributed by atoms with Gasteiger partial charge in [-0.1, -0.05) is 42.5 Å². The number of carbonyl (C=O) groups excluding carboxylic acids is 1. The van der Waals surface area contributed by atoms with Crippen LogP contribution in [-0.2, 0) is 0 Å². The maximum absolute atomic E-state index is 12.1. The fraction of sp³-hybridized carbons (Fsp3) is 0. The van der Waals surface area contributed by atoms with Crippen molar-refractivity contribution < 1.29 is 14.9 Å². The predicted molar refractivity (Wildman–Crippen MR) is 74.7 cm³/mol. The molecule has 0 aliphatic carbocycles. The van der Waals surface area contributed by atoms with Crippen LogP contribution in [-0.4, -0.2) is 33.3 Å². The first kappa shape index (κ1) is 18.0. The lowest BCUT2D eigenvalue weighted by atomic mass is 10.0. The molecule has 0 saturated carbocycles. The summed E-state index contributed by atoms with van der Waals surface area (Å²) < 4.78 is 0. The lowest BCUT2D eigenvalue weighted by Crippen LogP contribution is -2.04. The van der Waals surface area contributed by atoms with Gasteiger partial charge in [-0.2, -0.15) is 0 Å². The molecule has 3 radical (unpaired) electrons. The molecule has 0 aliphatic rings. The van der Waals surface area contributed by atoms with Gasteiger partial charge in [-0.15, -0.1) is 0 Å². The maximum atomic E-state index is 12.1. The van der Waals surface area contributed by atoms with E-state index in [4.69, 9.17) is 5.21 Å². The van der Waals surface area contributed by atoms with Crippen molar-refractivity contribution in [3.63, 3.8) is 0 Å². The highest BCUT2D eigenvalue weighted by Crippen LogP contribution is 2.20. The van der Waals surface area contributed by atoms with Gasteiger partial charge in [0.05, 0.1) is 4.92 Å². The second-order valence-electron chi connectivity index (χ2n) is 3.47. The Bertz CT molecular complexity index is 576. The van der Waals surface area contributed by atoms with Gasteiger partial charge >= 0.3 is 0 Å². The molecule has 0 spiro atoms. The minimum atomic E-state index is -0.545. The summed E-state index contributed by atoms with van der Waals surface area (Å²) in [6.07, 6.45) is 0. The first-order valence-electron chi connectivity index (χ1n) is 5.29. The summed E-state index contributed by atoms with van der Waals surface area (Å²) >= 11 is 0. The summed E-state index contributed by atoms with van der Waals surface area (Å²) in [6.45, 7) is 0. The summed E-state index contributed by atoms with van der Waals surface area (Å²) in [5.74, 6) is 3.16. The lowest BCUT2D eigenvalue weighted by Gasteiger charge is -2.01. The number of ketones is 1. The Hall–Kier alpha value is -2.04. The van der Waals surface area contributed by atoms with Crippen molar-refractivity contribution in [1.29, 1.82) is 0 Å². The number of carbonyl (C=O) groups is 1. The van der Waals surface area contributed by atoms with Crippen molar-refractivity contribution >= 4 is 28.8 Å². The van der Waals surface area contributed by atoms with Crippen LogP contribution in [0.25, 0.3) is 0 Å². The SMILES string of the molecule is NO.O=C(c1ccccc1)c1ccccc1[N+](=O)[O-].[Al]. The van der Waals surface area contributed by atoms with E-state index >= 15 is 0 Å². The smallest absolute Gasteiger partial charge is 0.280 e. The number of hydrogen-bond donors (Lipinski definition) is 2. The molecule has 0 aliphatic heterocycles. The van der Waals surface area contributed by atoms with E-state index in [1.165, 1.54) is 12.1 Å². The molecule has 0 aromatic heterocycles. The van der Waals surface area contributed by atoms with Crippen molar-refractivity contribution in [2.24, 2.45) is 5.90 Å². The van der Waals surface area contributed by atoms with E-state index in [9.17, 15) is 14.9 Å². The highest BCUT2D eigenvalue weighted by atomic mass is 27.0. The molecule has 2 aromatic carbocycles. The van der Waals surface area contributed by atoms with Crippen LogP contribution in [0, 0.1) is 10.1 Å². The Balaban J connectivity index is 0.00000115. The van der Waals surface area contributed by atoms with Gasteiger partial charge in [-0.25, -0.2) is 5.90 Å². The Morgan fingerprint density at radius 2 is 1.50 bits per heavy atom. The van der Waals surface area contributed by atoms with E-state index in [0.29, 0.717) is 5.56 Å². The minimum Gasteiger partial charge on any atom is -0.320 e. The number of nitro benzene ring substituents is 1. The highest BCUT2D eigenvalue weighted by Gasteiger charge is 2.19. The van der Waals surface area contributed by atoms with Crippen LogP contribution in [0.2, 0.25) is 0 Å². The van der Waals surface area contributed by atoms with E-state index in [1.807, 2.05) is 0 Å². The minimum absolute atomic E-state index is 0. The largest absolute Gasteiger partial charge is 0.320 e. The van der Waals surface area contributed by atoms with Gasteiger partial charge in [-0.3, -0.25) is 14.9 Å². The van der Waals surface area contributed by atoms with E-state index < -0.39 is 4.92 Å². The molecule has 101 valence electrons. The molecule has 7 heteroatoms. The molecule has 0 bridgehead atoms. The molecule has 2 rings (SSSR count). The second-order valence-corrected chi connectivity index (χ2v) is 3.47. The predicted octanol–water partition coefficient (Wildman–Crippen LogP) is 1.78. The van der Waals surface area contributed by atoms with Gasteiger partial charge < -0.3 is 5.21 Å². The van der Waals surface area contributed by atoms with Crippen LogP contribution in [0.15, 0.2) is 54.6 Å². The standard InChI is InChI=1S/C13H9NO3.Al.H3NO/c15-13(10-6-2-1-3-7-10)11-8-4-5-9-12(11)14(16)17;;1-2/h1-9H;;2H,1H2. The molecular formula is C13H12AlN2O4. The Morgan fingerprint density at radius 1 is 1.00 bits per heavy atom. The fourth-order valence-electron chi connectivity index (χ4n) is 1.57. The average Bonchev–Trinajstić information content (AvgIpc) is 2.49. The van der Waals surface area contributed by atoms with Crippen LogP contribution in [0.3, 0.4) is 0 Å². The summed E-state index contributed by atoms with van der Waals surface area (Å²) in [5, 5.41) is 17.3. The van der Waals surface area contributed by atoms with Gasteiger partial charge in [0.15, 0.2) is 5.78 Å². The molecule has 6 nitrogen and oxygen atoms in total. The van der Waals surface area contributed by atoms with Crippen LogP contribution in [0.4, 0.5) is 5.69 Å². The zero-order chi connectivity index (χ0) is 14.3. The van der Waals surface area contributed by atoms with Gasteiger partial charge in [0, 0.05) is 29.0 Å². The molecule has 0 heterocycles. The van der Waals surface area contributed by atoms with Crippen molar-refractivity contribution in [2.75, 3.05) is 0 Å². The van der Waals surface area contributed by atoms with Gasteiger partial charge in [-0.05, 0) is 6.07 Å². The molecular weight excluding hydrogens is 275 g/mol. The van der Waals surface area contributed by atoms with Gasteiger partial charge in [0.2, 0.25) is 0 Å². The number of nitrogens with zero attached hydrogens (tertiary/aromatic N) is 1. The van der Waals surface area contributed by atoms with Crippen molar-refractivity contribution in [1.82, 2.24) is 0 Å². The molecule has 20 heavy (non-hydrogen) atoms. The highest BCUT2D eigenvalue weighted by molar-refractivity contribution is 6.11. The summed E-state index contributed by atoms with van der Waals surface area (Å²) in [5.41, 5.74) is 0.395. The van der Waals surface area contributed by atoms with E-state index in [0.717, 1.165) is 0 Å². The molecule has 0 atom stereocenters. The Morgan fingerprint density at radius 3 is 2.05 bits per heavy atom. The fourth-order valence-corrected chi connectivity index (χ4v) is 1.57. The first-order valence-corrected chi connectivity index (χ1v) is 5.29. The monoisotopic (exact) mass is 287 g/mol. The number of hydrogen-bond acceptors (Lipinski definition) is 5. The maximum Gasteiger partial charge on any atom is 0.280 e. The van der Waals surface area contributed by atoms with Gasteiger partial charge in [0.1, 0.15) is 5.56 Å². The zero-order valence-electron chi connectivity index (χ0n) is 10.5. The molecule has 0 unspecified atom stereocenters. The van der Waals surface area contributed by atoms with Crippen LogP contribution in [0.1, 0.15) is 15.9 Å². The Labute approximate surface area is 126 Å².